The van der Waals surface area contributed by atoms with Crippen LogP contribution in [0.15, 0.2) is 30.3 Å². The van der Waals surface area contributed by atoms with Crippen molar-refractivity contribution >= 4 is 5.91 Å². The number of hydrogen-bond acceptors (Lipinski definition) is 2. The largest absolute Gasteiger partial charge is 0.355 e. The van der Waals surface area contributed by atoms with Gasteiger partial charge in [-0.1, -0.05) is 43.2 Å². The number of carbonyl (C=O) groups is 1. The van der Waals surface area contributed by atoms with Crippen molar-refractivity contribution in [3.63, 3.8) is 0 Å². The molecule has 0 spiro atoms. The van der Waals surface area contributed by atoms with Crippen LogP contribution in [0.4, 0.5) is 0 Å². The topological polar surface area (TPSA) is 41.1 Å². The molecule has 0 aromatic heterocycles. The molecule has 0 atom stereocenters. The summed E-state index contributed by atoms with van der Waals surface area (Å²) in [7, 11) is 0. The van der Waals surface area contributed by atoms with E-state index in [2.05, 4.69) is 41.0 Å². The van der Waals surface area contributed by atoms with Crippen LogP contribution in [0.3, 0.4) is 0 Å². The van der Waals surface area contributed by atoms with Gasteiger partial charge in [0.2, 0.25) is 5.91 Å². The molecule has 3 nitrogen and oxygen atoms in total. The van der Waals surface area contributed by atoms with Gasteiger partial charge in [0.15, 0.2) is 0 Å². The Morgan fingerprint density at radius 3 is 2.48 bits per heavy atom. The maximum Gasteiger partial charge on any atom is 0.223 e. The first-order chi connectivity index (χ1) is 10.3. The Morgan fingerprint density at radius 1 is 1.14 bits per heavy atom. The number of benzene rings is 1. The Labute approximate surface area is 127 Å². The average molecular weight is 286 g/mol. The molecule has 3 heteroatoms. The molecule has 0 radical (unpaired) electrons. The van der Waals surface area contributed by atoms with E-state index in [1.54, 1.807) is 0 Å². The lowest BCUT2D eigenvalue weighted by Crippen LogP contribution is -2.43. The van der Waals surface area contributed by atoms with Crippen LogP contribution >= 0.6 is 0 Å². The normalized spacial score (nSPS) is 22.1. The molecule has 0 unspecified atom stereocenters. The van der Waals surface area contributed by atoms with E-state index in [0.717, 1.165) is 32.5 Å². The van der Waals surface area contributed by atoms with E-state index in [1.165, 1.54) is 31.2 Å². The monoisotopic (exact) mass is 286 g/mol. The summed E-state index contributed by atoms with van der Waals surface area (Å²) in [5, 5.41) is 6.59. The Morgan fingerprint density at radius 2 is 1.81 bits per heavy atom. The molecule has 21 heavy (non-hydrogen) atoms. The second kappa shape index (κ2) is 6.61. The molecule has 2 fully saturated rings. The first-order valence-electron chi connectivity index (χ1n) is 8.34. The average Bonchev–Trinajstić information content (AvgIpc) is 3.04. The molecule has 1 aromatic rings. The van der Waals surface area contributed by atoms with Crippen molar-refractivity contribution < 1.29 is 4.79 Å². The predicted molar refractivity (Wildman–Crippen MR) is 85.2 cm³/mol. The van der Waals surface area contributed by atoms with E-state index in [0.29, 0.717) is 0 Å². The van der Waals surface area contributed by atoms with E-state index < -0.39 is 0 Å². The van der Waals surface area contributed by atoms with Gasteiger partial charge in [0.25, 0.3) is 0 Å². The second-order valence-electron chi connectivity index (χ2n) is 6.60. The maximum atomic E-state index is 12.4. The number of rotatable bonds is 4. The molecule has 1 heterocycles. The molecule has 0 bridgehead atoms. The van der Waals surface area contributed by atoms with Gasteiger partial charge in [0.1, 0.15) is 0 Å². The van der Waals surface area contributed by atoms with E-state index in [9.17, 15) is 4.79 Å². The maximum absolute atomic E-state index is 12.4. The van der Waals surface area contributed by atoms with Crippen LogP contribution in [0.5, 0.6) is 0 Å². The van der Waals surface area contributed by atoms with Gasteiger partial charge in [-0.3, -0.25) is 4.79 Å². The van der Waals surface area contributed by atoms with Crippen LogP contribution in [0.25, 0.3) is 0 Å². The van der Waals surface area contributed by atoms with E-state index in [-0.39, 0.29) is 17.2 Å². The SMILES string of the molecule is O=C(NCC1(c2ccccc2)CCCC1)C1CCNCC1. The number of amides is 1. The van der Waals surface area contributed by atoms with Gasteiger partial charge in [0, 0.05) is 17.9 Å². The van der Waals surface area contributed by atoms with Crippen LogP contribution in [0.1, 0.15) is 44.1 Å². The molecule has 1 amide bonds. The van der Waals surface area contributed by atoms with Crippen LogP contribution in [-0.2, 0) is 10.2 Å². The Balaban J connectivity index is 1.64. The summed E-state index contributed by atoms with van der Waals surface area (Å²) < 4.78 is 0. The van der Waals surface area contributed by atoms with Crippen molar-refractivity contribution in [2.75, 3.05) is 19.6 Å². The molecule has 1 saturated carbocycles. The lowest BCUT2D eigenvalue weighted by atomic mass is 9.78. The number of nitrogens with one attached hydrogen (secondary N) is 2. The minimum absolute atomic E-state index is 0.170. The lowest BCUT2D eigenvalue weighted by Gasteiger charge is -2.31. The van der Waals surface area contributed by atoms with E-state index in [1.807, 2.05) is 0 Å². The highest BCUT2D eigenvalue weighted by Crippen LogP contribution is 2.40. The number of piperidine rings is 1. The van der Waals surface area contributed by atoms with Gasteiger partial charge < -0.3 is 10.6 Å². The Kier molecular flexibility index (Phi) is 4.59. The van der Waals surface area contributed by atoms with Crippen molar-refractivity contribution in [3.05, 3.63) is 35.9 Å². The standard InChI is InChI=1S/C18H26N2O/c21-17(15-8-12-19-13-9-15)20-14-18(10-4-5-11-18)16-6-2-1-3-7-16/h1-3,6-7,15,19H,4-5,8-14H2,(H,20,21). The highest BCUT2D eigenvalue weighted by Gasteiger charge is 2.36. The molecule has 1 saturated heterocycles. The molecule has 2 aliphatic rings. The summed E-state index contributed by atoms with van der Waals surface area (Å²) in [4.78, 5) is 12.4. The van der Waals surface area contributed by atoms with Crippen molar-refractivity contribution in [2.24, 2.45) is 5.92 Å². The fourth-order valence-electron chi connectivity index (χ4n) is 3.90. The second-order valence-corrected chi connectivity index (χ2v) is 6.60. The van der Waals surface area contributed by atoms with Crippen LogP contribution < -0.4 is 10.6 Å². The third kappa shape index (κ3) is 3.29. The fourth-order valence-corrected chi connectivity index (χ4v) is 3.90. The quantitative estimate of drug-likeness (QED) is 0.893. The summed E-state index contributed by atoms with van der Waals surface area (Å²) in [5.41, 5.74) is 1.57. The third-order valence-electron chi connectivity index (χ3n) is 5.26. The Hall–Kier alpha value is -1.35. The minimum Gasteiger partial charge on any atom is -0.355 e. The molecular formula is C18H26N2O. The summed E-state index contributed by atoms with van der Waals surface area (Å²) in [6.45, 7) is 2.75. The van der Waals surface area contributed by atoms with Gasteiger partial charge in [0.05, 0.1) is 0 Å². The minimum atomic E-state index is 0.170. The van der Waals surface area contributed by atoms with Gasteiger partial charge in [-0.15, -0.1) is 0 Å². The number of carbonyl (C=O) groups excluding carboxylic acids is 1. The van der Waals surface area contributed by atoms with Gasteiger partial charge >= 0.3 is 0 Å². The van der Waals surface area contributed by atoms with Crippen LogP contribution in [-0.4, -0.2) is 25.5 Å². The molecule has 1 aliphatic carbocycles. The zero-order valence-corrected chi connectivity index (χ0v) is 12.7. The van der Waals surface area contributed by atoms with Crippen molar-refractivity contribution in [1.29, 1.82) is 0 Å². The highest BCUT2D eigenvalue weighted by atomic mass is 16.1. The first kappa shape index (κ1) is 14.6. The van der Waals surface area contributed by atoms with Crippen molar-refractivity contribution in [2.45, 2.75) is 43.9 Å². The van der Waals surface area contributed by atoms with E-state index in [4.69, 9.17) is 0 Å². The zero-order valence-electron chi connectivity index (χ0n) is 12.7. The molecule has 1 aliphatic heterocycles. The van der Waals surface area contributed by atoms with Crippen molar-refractivity contribution in [3.8, 4) is 0 Å². The summed E-state index contributed by atoms with van der Waals surface area (Å²) in [6.07, 6.45) is 6.90. The fraction of sp³-hybridized carbons (Fsp3) is 0.611. The summed E-state index contributed by atoms with van der Waals surface area (Å²) >= 11 is 0. The van der Waals surface area contributed by atoms with Gasteiger partial charge in [-0.2, -0.15) is 0 Å². The zero-order chi connectivity index (χ0) is 14.5. The van der Waals surface area contributed by atoms with Gasteiger partial charge in [-0.25, -0.2) is 0 Å². The molecule has 1 aromatic carbocycles. The first-order valence-corrected chi connectivity index (χ1v) is 8.34. The van der Waals surface area contributed by atoms with Crippen LogP contribution in [0.2, 0.25) is 0 Å². The predicted octanol–water partition coefficient (Wildman–Crippen LogP) is 2.61. The van der Waals surface area contributed by atoms with Crippen molar-refractivity contribution in [1.82, 2.24) is 10.6 Å². The number of hydrogen-bond donors (Lipinski definition) is 2. The molecular weight excluding hydrogens is 260 g/mol. The summed E-state index contributed by atoms with van der Waals surface area (Å²) in [6, 6.07) is 10.7. The molecule has 114 valence electrons. The lowest BCUT2D eigenvalue weighted by molar-refractivity contribution is -0.126. The van der Waals surface area contributed by atoms with Crippen LogP contribution in [0, 0.1) is 5.92 Å². The molecule has 3 rings (SSSR count). The highest BCUT2D eigenvalue weighted by molar-refractivity contribution is 5.78. The Bertz CT molecular complexity index is 459. The van der Waals surface area contributed by atoms with E-state index >= 15 is 0 Å². The van der Waals surface area contributed by atoms with Gasteiger partial charge in [-0.05, 0) is 44.3 Å². The summed E-state index contributed by atoms with van der Waals surface area (Å²) in [5.74, 6) is 0.471. The third-order valence-corrected chi connectivity index (χ3v) is 5.26. The molecule has 2 N–H and O–H groups in total. The smallest absolute Gasteiger partial charge is 0.223 e.